The van der Waals surface area contributed by atoms with E-state index < -0.39 is 0 Å². The highest BCUT2D eigenvalue weighted by atomic mass is 16.3. The maximum atomic E-state index is 9.52. The number of benzene rings is 1. The largest absolute Gasteiger partial charge is 0.394 e. The zero-order chi connectivity index (χ0) is 15.0. The number of aryl methyl sites for hydroxylation is 1. The lowest BCUT2D eigenvalue weighted by atomic mass is 9.96. The summed E-state index contributed by atoms with van der Waals surface area (Å²) in [6, 6.07) is 8.53. The van der Waals surface area contributed by atoms with E-state index in [9.17, 15) is 5.11 Å². The van der Waals surface area contributed by atoms with Gasteiger partial charge in [-0.15, -0.1) is 0 Å². The van der Waals surface area contributed by atoms with Crippen molar-refractivity contribution >= 4 is 5.69 Å². The van der Waals surface area contributed by atoms with Crippen LogP contribution in [0.5, 0.6) is 0 Å². The van der Waals surface area contributed by atoms with Gasteiger partial charge in [0.2, 0.25) is 0 Å². The van der Waals surface area contributed by atoms with Crippen LogP contribution in [0.3, 0.4) is 0 Å². The van der Waals surface area contributed by atoms with Crippen molar-refractivity contribution in [3.8, 4) is 0 Å². The molecule has 3 heteroatoms. The van der Waals surface area contributed by atoms with E-state index in [0.29, 0.717) is 0 Å². The second kappa shape index (κ2) is 8.28. The second-order valence-corrected chi connectivity index (χ2v) is 5.72. The summed E-state index contributed by atoms with van der Waals surface area (Å²) in [5.74, 6) is 0. The maximum absolute atomic E-state index is 9.52. The van der Waals surface area contributed by atoms with Crippen molar-refractivity contribution in [1.82, 2.24) is 5.32 Å². The van der Waals surface area contributed by atoms with Gasteiger partial charge in [0.15, 0.2) is 0 Å². The van der Waals surface area contributed by atoms with Crippen molar-refractivity contribution in [3.63, 3.8) is 0 Å². The Morgan fingerprint density at radius 2 is 1.95 bits per heavy atom. The fraction of sp³-hybridized carbons (Fsp3) is 0.647. The Morgan fingerprint density at radius 1 is 1.25 bits per heavy atom. The highest BCUT2D eigenvalue weighted by molar-refractivity contribution is 5.52. The monoisotopic (exact) mass is 278 g/mol. The Balaban J connectivity index is 2.56. The SMILES string of the molecule is CCNC(C)(CO)CCCN(CC)c1ccccc1C. The molecule has 0 saturated carbocycles. The van der Waals surface area contributed by atoms with Crippen molar-refractivity contribution in [2.75, 3.05) is 31.1 Å². The van der Waals surface area contributed by atoms with Gasteiger partial charge in [-0.2, -0.15) is 0 Å². The van der Waals surface area contributed by atoms with Gasteiger partial charge in [0.1, 0.15) is 0 Å². The van der Waals surface area contributed by atoms with E-state index >= 15 is 0 Å². The third kappa shape index (κ3) is 4.80. The number of likely N-dealkylation sites (N-methyl/N-ethyl adjacent to an activating group) is 1. The average molecular weight is 278 g/mol. The quantitative estimate of drug-likeness (QED) is 0.729. The number of hydrogen-bond donors (Lipinski definition) is 2. The Labute approximate surface area is 124 Å². The molecule has 0 heterocycles. The smallest absolute Gasteiger partial charge is 0.0610 e. The first-order chi connectivity index (χ1) is 9.56. The van der Waals surface area contributed by atoms with E-state index in [-0.39, 0.29) is 12.1 Å². The van der Waals surface area contributed by atoms with Crippen LogP contribution in [0, 0.1) is 6.92 Å². The Bertz CT molecular complexity index is 394. The van der Waals surface area contributed by atoms with Gasteiger partial charge in [0.05, 0.1) is 6.61 Å². The number of nitrogens with one attached hydrogen (secondary N) is 1. The van der Waals surface area contributed by atoms with Gasteiger partial charge in [-0.1, -0.05) is 25.1 Å². The fourth-order valence-electron chi connectivity index (χ4n) is 2.68. The summed E-state index contributed by atoms with van der Waals surface area (Å²) >= 11 is 0. The van der Waals surface area contributed by atoms with Crippen LogP contribution in [0.15, 0.2) is 24.3 Å². The summed E-state index contributed by atoms with van der Waals surface area (Å²) < 4.78 is 0. The van der Waals surface area contributed by atoms with E-state index in [1.807, 2.05) is 0 Å². The van der Waals surface area contributed by atoms with Gasteiger partial charge in [-0.25, -0.2) is 0 Å². The van der Waals surface area contributed by atoms with Gasteiger partial charge in [-0.3, -0.25) is 0 Å². The van der Waals surface area contributed by atoms with Crippen molar-refractivity contribution in [2.45, 2.75) is 46.1 Å². The number of anilines is 1. The number of aliphatic hydroxyl groups is 1. The van der Waals surface area contributed by atoms with Gasteiger partial charge in [0, 0.05) is 24.3 Å². The number of aliphatic hydroxyl groups excluding tert-OH is 1. The molecule has 0 saturated heterocycles. The minimum absolute atomic E-state index is 0.153. The minimum atomic E-state index is -0.153. The third-order valence-electron chi connectivity index (χ3n) is 3.95. The molecule has 0 bridgehead atoms. The first kappa shape index (κ1) is 17.0. The molecule has 114 valence electrons. The number of rotatable bonds is 9. The Kier molecular flexibility index (Phi) is 7.03. The standard InChI is InChI=1S/C17H30N2O/c1-5-18-17(4,14-20)12-9-13-19(6-2)16-11-8-7-10-15(16)3/h7-8,10-11,18,20H,5-6,9,12-14H2,1-4H3. The molecular weight excluding hydrogens is 248 g/mol. The summed E-state index contributed by atoms with van der Waals surface area (Å²) in [6.07, 6.45) is 2.06. The summed E-state index contributed by atoms with van der Waals surface area (Å²) in [5, 5.41) is 12.9. The molecular formula is C17H30N2O. The molecule has 0 aromatic heterocycles. The van der Waals surface area contributed by atoms with Gasteiger partial charge in [0.25, 0.3) is 0 Å². The van der Waals surface area contributed by atoms with Crippen LogP contribution in [-0.2, 0) is 0 Å². The fourth-order valence-corrected chi connectivity index (χ4v) is 2.68. The van der Waals surface area contributed by atoms with Crippen molar-refractivity contribution in [1.29, 1.82) is 0 Å². The number of nitrogens with zero attached hydrogens (tertiary/aromatic N) is 1. The van der Waals surface area contributed by atoms with E-state index in [4.69, 9.17) is 0 Å². The van der Waals surface area contributed by atoms with Crippen LogP contribution in [0.4, 0.5) is 5.69 Å². The summed E-state index contributed by atoms with van der Waals surface area (Å²) in [4.78, 5) is 2.42. The molecule has 1 rings (SSSR count). The molecule has 20 heavy (non-hydrogen) atoms. The average Bonchev–Trinajstić information content (AvgIpc) is 2.45. The Hall–Kier alpha value is -1.06. The molecule has 0 amide bonds. The molecule has 0 aliphatic carbocycles. The molecule has 3 nitrogen and oxygen atoms in total. The molecule has 0 aliphatic heterocycles. The molecule has 2 N–H and O–H groups in total. The van der Waals surface area contributed by atoms with E-state index in [1.54, 1.807) is 0 Å². The van der Waals surface area contributed by atoms with Crippen LogP contribution in [-0.4, -0.2) is 36.9 Å². The zero-order valence-electron chi connectivity index (χ0n) is 13.4. The Morgan fingerprint density at radius 3 is 2.50 bits per heavy atom. The molecule has 0 spiro atoms. The second-order valence-electron chi connectivity index (χ2n) is 5.72. The lowest BCUT2D eigenvalue weighted by molar-refractivity contribution is 0.166. The predicted octanol–water partition coefficient (Wildman–Crippen LogP) is 2.96. The zero-order valence-corrected chi connectivity index (χ0v) is 13.4. The molecule has 1 atom stereocenters. The molecule has 1 aromatic rings. The van der Waals surface area contributed by atoms with E-state index in [0.717, 1.165) is 32.5 Å². The lowest BCUT2D eigenvalue weighted by Gasteiger charge is -2.31. The molecule has 1 aromatic carbocycles. The highest BCUT2D eigenvalue weighted by Gasteiger charge is 2.21. The topological polar surface area (TPSA) is 35.5 Å². The van der Waals surface area contributed by atoms with Crippen LogP contribution in [0.2, 0.25) is 0 Å². The molecule has 1 unspecified atom stereocenters. The molecule has 0 radical (unpaired) electrons. The van der Waals surface area contributed by atoms with Gasteiger partial charge >= 0.3 is 0 Å². The van der Waals surface area contributed by atoms with Crippen molar-refractivity contribution < 1.29 is 5.11 Å². The first-order valence-electron chi connectivity index (χ1n) is 7.72. The molecule has 0 aliphatic rings. The highest BCUT2D eigenvalue weighted by Crippen LogP contribution is 2.20. The van der Waals surface area contributed by atoms with Crippen molar-refractivity contribution in [3.05, 3.63) is 29.8 Å². The van der Waals surface area contributed by atoms with Crippen LogP contribution in [0.1, 0.15) is 39.2 Å². The number of hydrogen-bond acceptors (Lipinski definition) is 3. The van der Waals surface area contributed by atoms with Crippen LogP contribution >= 0.6 is 0 Å². The van der Waals surface area contributed by atoms with Gasteiger partial charge < -0.3 is 15.3 Å². The lowest BCUT2D eigenvalue weighted by Crippen LogP contribution is -2.46. The first-order valence-corrected chi connectivity index (χ1v) is 7.72. The van der Waals surface area contributed by atoms with E-state index in [2.05, 4.69) is 62.2 Å². The predicted molar refractivity (Wildman–Crippen MR) is 87.5 cm³/mol. The van der Waals surface area contributed by atoms with Crippen LogP contribution in [0.25, 0.3) is 0 Å². The summed E-state index contributed by atoms with van der Waals surface area (Å²) in [5.41, 5.74) is 2.50. The summed E-state index contributed by atoms with van der Waals surface area (Å²) in [6.45, 7) is 11.7. The summed E-state index contributed by atoms with van der Waals surface area (Å²) in [7, 11) is 0. The maximum Gasteiger partial charge on any atom is 0.0610 e. The van der Waals surface area contributed by atoms with Gasteiger partial charge in [-0.05, 0) is 51.8 Å². The normalized spacial score (nSPS) is 14.1. The van der Waals surface area contributed by atoms with E-state index in [1.165, 1.54) is 11.3 Å². The van der Waals surface area contributed by atoms with Crippen LogP contribution < -0.4 is 10.2 Å². The minimum Gasteiger partial charge on any atom is -0.394 e. The molecule has 0 fully saturated rings. The van der Waals surface area contributed by atoms with Crippen molar-refractivity contribution in [2.24, 2.45) is 0 Å². The number of para-hydroxylation sites is 1. The third-order valence-corrected chi connectivity index (χ3v) is 3.95.